The van der Waals surface area contributed by atoms with E-state index >= 15 is 0 Å². The highest BCUT2D eigenvalue weighted by Gasteiger charge is 2.32. The maximum atomic E-state index is 4.79. The van der Waals surface area contributed by atoms with Gasteiger partial charge in [-0.1, -0.05) is 5.16 Å². The van der Waals surface area contributed by atoms with Crippen molar-refractivity contribution in [2.24, 2.45) is 11.1 Å². The number of rotatable bonds is 1. The van der Waals surface area contributed by atoms with Crippen LogP contribution >= 0.6 is 0 Å². The Labute approximate surface area is 66.8 Å². The standard InChI is InChI=1S/C8H14N2O/c1-11-10-8-4-7-3-2-6(8)5-9-7/h6-7,9H,2-5H2,1H3/b10-8+. The molecule has 3 rings (SSSR count). The Kier molecular flexibility index (Phi) is 1.82. The summed E-state index contributed by atoms with van der Waals surface area (Å²) in [5.74, 6) is 0.653. The summed E-state index contributed by atoms with van der Waals surface area (Å²) in [6, 6.07) is 0.675. The first-order chi connectivity index (χ1) is 5.40. The van der Waals surface area contributed by atoms with Crippen LogP contribution in [0.2, 0.25) is 0 Å². The predicted molar refractivity (Wildman–Crippen MR) is 43.6 cm³/mol. The monoisotopic (exact) mass is 154 g/mol. The average Bonchev–Trinajstić information content (AvgIpc) is 2.07. The molecule has 3 nitrogen and oxygen atoms in total. The summed E-state index contributed by atoms with van der Waals surface area (Å²) in [6.07, 6.45) is 3.70. The number of nitrogens with one attached hydrogen (secondary N) is 1. The van der Waals surface area contributed by atoms with E-state index in [9.17, 15) is 0 Å². The van der Waals surface area contributed by atoms with E-state index in [2.05, 4.69) is 10.5 Å². The predicted octanol–water partition coefficient (Wildman–Crippen LogP) is 0.761. The van der Waals surface area contributed by atoms with E-state index < -0.39 is 0 Å². The van der Waals surface area contributed by atoms with Crippen LogP contribution in [0.3, 0.4) is 0 Å². The van der Waals surface area contributed by atoms with Crippen molar-refractivity contribution < 1.29 is 4.84 Å². The smallest absolute Gasteiger partial charge is 0.106 e. The van der Waals surface area contributed by atoms with Crippen LogP contribution in [0.1, 0.15) is 19.3 Å². The van der Waals surface area contributed by atoms with Crippen molar-refractivity contribution in [3.05, 3.63) is 0 Å². The number of nitrogens with zero attached hydrogens (tertiary/aromatic N) is 1. The molecule has 2 atom stereocenters. The van der Waals surface area contributed by atoms with Gasteiger partial charge in [0.15, 0.2) is 0 Å². The van der Waals surface area contributed by atoms with Crippen molar-refractivity contribution in [2.45, 2.75) is 25.3 Å². The van der Waals surface area contributed by atoms with Crippen LogP contribution in [0.15, 0.2) is 5.16 Å². The molecule has 1 N–H and O–H groups in total. The van der Waals surface area contributed by atoms with Gasteiger partial charge in [-0.05, 0) is 12.8 Å². The molecule has 2 heterocycles. The van der Waals surface area contributed by atoms with Crippen LogP contribution in [0, 0.1) is 5.92 Å². The van der Waals surface area contributed by atoms with E-state index in [-0.39, 0.29) is 0 Å². The van der Waals surface area contributed by atoms with Crippen LogP contribution in [0.4, 0.5) is 0 Å². The van der Waals surface area contributed by atoms with Gasteiger partial charge in [-0.15, -0.1) is 0 Å². The Bertz CT molecular complexity index is 171. The van der Waals surface area contributed by atoms with E-state index in [1.165, 1.54) is 18.6 Å². The number of hydrogen-bond acceptors (Lipinski definition) is 3. The normalized spacial score (nSPS) is 39.5. The van der Waals surface area contributed by atoms with Crippen molar-refractivity contribution in [3.63, 3.8) is 0 Å². The largest absolute Gasteiger partial charge is 0.399 e. The Hall–Kier alpha value is -0.570. The molecule has 2 aliphatic heterocycles. The zero-order valence-electron chi connectivity index (χ0n) is 6.84. The summed E-state index contributed by atoms with van der Waals surface area (Å²) >= 11 is 0. The van der Waals surface area contributed by atoms with Crippen molar-refractivity contribution in [3.8, 4) is 0 Å². The molecule has 1 aliphatic carbocycles. The third-order valence-electron chi connectivity index (χ3n) is 2.65. The van der Waals surface area contributed by atoms with E-state index in [0.717, 1.165) is 13.0 Å². The molecule has 0 radical (unpaired) electrons. The van der Waals surface area contributed by atoms with Crippen LogP contribution in [-0.2, 0) is 4.84 Å². The Morgan fingerprint density at radius 1 is 1.55 bits per heavy atom. The molecule has 0 aromatic carbocycles. The minimum absolute atomic E-state index is 0.653. The maximum absolute atomic E-state index is 4.79. The summed E-state index contributed by atoms with van der Waals surface area (Å²) in [7, 11) is 1.63. The molecular formula is C8H14N2O. The summed E-state index contributed by atoms with van der Waals surface area (Å²) in [5, 5.41) is 7.51. The first-order valence-electron chi connectivity index (χ1n) is 4.23. The zero-order valence-corrected chi connectivity index (χ0v) is 6.84. The highest BCUT2D eigenvalue weighted by molar-refractivity contribution is 5.88. The molecule has 3 fully saturated rings. The second kappa shape index (κ2) is 2.81. The quantitative estimate of drug-likeness (QED) is 0.566. The number of hydrogen-bond donors (Lipinski definition) is 1. The molecule has 2 saturated heterocycles. The topological polar surface area (TPSA) is 33.6 Å². The molecule has 0 aromatic heterocycles. The summed E-state index contributed by atoms with van der Waals surface area (Å²) in [6.45, 7) is 1.10. The van der Waals surface area contributed by atoms with Crippen LogP contribution in [0.5, 0.6) is 0 Å². The van der Waals surface area contributed by atoms with Gasteiger partial charge in [0.05, 0.1) is 5.71 Å². The Morgan fingerprint density at radius 2 is 2.45 bits per heavy atom. The van der Waals surface area contributed by atoms with Crippen molar-refractivity contribution in [1.82, 2.24) is 5.32 Å². The van der Waals surface area contributed by atoms with Gasteiger partial charge in [-0.3, -0.25) is 0 Å². The number of fused-ring (bicyclic) bond motifs is 3. The maximum Gasteiger partial charge on any atom is 0.106 e. The molecule has 3 aliphatic rings. The SMILES string of the molecule is CO/N=C1\CC2CCC1CN2. The van der Waals surface area contributed by atoms with Gasteiger partial charge in [-0.25, -0.2) is 0 Å². The van der Waals surface area contributed by atoms with E-state index in [1.807, 2.05) is 0 Å². The van der Waals surface area contributed by atoms with Crippen molar-refractivity contribution >= 4 is 5.71 Å². The minimum atomic E-state index is 0.653. The zero-order chi connectivity index (χ0) is 7.68. The van der Waals surface area contributed by atoms with Gasteiger partial charge in [0.1, 0.15) is 7.11 Å². The highest BCUT2D eigenvalue weighted by Crippen LogP contribution is 2.26. The lowest BCUT2D eigenvalue weighted by Gasteiger charge is -2.37. The van der Waals surface area contributed by atoms with Gasteiger partial charge in [-0.2, -0.15) is 0 Å². The fourth-order valence-electron chi connectivity index (χ4n) is 2.02. The minimum Gasteiger partial charge on any atom is -0.399 e. The van der Waals surface area contributed by atoms with Crippen LogP contribution in [-0.4, -0.2) is 25.4 Å². The molecule has 1 saturated carbocycles. The third-order valence-corrected chi connectivity index (χ3v) is 2.65. The molecule has 0 amide bonds. The Balaban J connectivity index is 2.08. The molecule has 3 heteroatoms. The molecule has 62 valence electrons. The lowest BCUT2D eigenvalue weighted by molar-refractivity contribution is 0.202. The lowest BCUT2D eigenvalue weighted by atomic mass is 9.80. The number of piperidine rings is 2. The molecule has 2 unspecified atom stereocenters. The molecular weight excluding hydrogens is 140 g/mol. The van der Waals surface area contributed by atoms with Gasteiger partial charge < -0.3 is 10.2 Å². The lowest BCUT2D eigenvalue weighted by Crippen LogP contribution is -2.49. The van der Waals surface area contributed by atoms with E-state index in [4.69, 9.17) is 4.84 Å². The first-order valence-corrected chi connectivity index (χ1v) is 4.23. The molecule has 2 bridgehead atoms. The van der Waals surface area contributed by atoms with Crippen LogP contribution in [0.25, 0.3) is 0 Å². The fraction of sp³-hybridized carbons (Fsp3) is 0.875. The van der Waals surface area contributed by atoms with E-state index in [0.29, 0.717) is 12.0 Å². The molecule has 11 heavy (non-hydrogen) atoms. The second-order valence-electron chi connectivity index (χ2n) is 3.35. The second-order valence-corrected chi connectivity index (χ2v) is 3.35. The molecule has 0 spiro atoms. The van der Waals surface area contributed by atoms with Gasteiger partial charge in [0.25, 0.3) is 0 Å². The summed E-state index contributed by atoms with van der Waals surface area (Å²) in [4.78, 5) is 4.79. The number of oxime groups is 1. The average molecular weight is 154 g/mol. The third kappa shape index (κ3) is 1.25. The van der Waals surface area contributed by atoms with Gasteiger partial charge in [0, 0.05) is 24.9 Å². The van der Waals surface area contributed by atoms with Gasteiger partial charge in [0.2, 0.25) is 0 Å². The van der Waals surface area contributed by atoms with Crippen molar-refractivity contribution in [1.29, 1.82) is 0 Å². The summed E-state index contributed by atoms with van der Waals surface area (Å²) in [5.41, 5.74) is 1.27. The first kappa shape index (κ1) is 7.10. The highest BCUT2D eigenvalue weighted by atomic mass is 16.6. The van der Waals surface area contributed by atoms with Gasteiger partial charge >= 0.3 is 0 Å². The molecule has 0 aromatic rings. The van der Waals surface area contributed by atoms with E-state index in [1.54, 1.807) is 7.11 Å². The fourth-order valence-corrected chi connectivity index (χ4v) is 2.02. The van der Waals surface area contributed by atoms with Crippen LogP contribution < -0.4 is 5.32 Å². The Morgan fingerprint density at radius 3 is 2.91 bits per heavy atom. The summed E-state index contributed by atoms with van der Waals surface area (Å²) < 4.78 is 0. The van der Waals surface area contributed by atoms with Crippen molar-refractivity contribution in [2.75, 3.05) is 13.7 Å².